The average Bonchev–Trinajstić information content (AvgIpc) is 2.72. The van der Waals surface area contributed by atoms with Gasteiger partial charge in [0.2, 0.25) is 0 Å². The largest absolute Gasteiger partial charge is 0.494 e. The first-order valence-corrected chi connectivity index (χ1v) is 9.42. The molecule has 1 saturated heterocycles. The summed E-state index contributed by atoms with van der Waals surface area (Å²) < 4.78 is 32.8. The fraction of sp³-hybridized carbons (Fsp3) is 0.476. The van der Waals surface area contributed by atoms with Crippen LogP contribution in [0.4, 0.5) is 0 Å². The fourth-order valence-corrected chi connectivity index (χ4v) is 3.65. The molecule has 0 spiro atoms. The van der Waals surface area contributed by atoms with E-state index in [2.05, 4.69) is 0 Å². The van der Waals surface area contributed by atoms with E-state index in [-0.39, 0.29) is 24.2 Å². The van der Waals surface area contributed by atoms with Gasteiger partial charge in [0.15, 0.2) is 11.3 Å². The Balaban J connectivity index is 1.73. The van der Waals surface area contributed by atoms with Gasteiger partial charge in [-0.2, -0.15) is 0 Å². The molecule has 0 radical (unpaired) electrons. The van der Waals surface area contributed by atoms with Crippen LogP contribution in [0.1, 0.15) is 19.4 Å². The van der Waals surface area contributed by atoms with Gasteiger partial charge in [0, 0.05) is 23.7 Å². The van der Waals surface area contributed by atoms with Crippen molar-refractivity contribution in [3.05, 3.63) is 45.6 Å². The van der Waals surface area contributed by atoms with Crippen LogP contribution in [0, 0.1) is 6.92 Å². The van der Waals surface area contributed by atoms with Crippen molar-refractivity contribution in [2.45, 2.75) is 32.9 Å². The normalized spacial score (nSPS) is 19.0. The minimum atomic E-state index is -0.302. The molecule has 1 atom stereocenters. The first kappa shape index (κ1) is 16.8. The Bertz CT molecular complexity index is 933. The molecule has 1 aromatic carbocycles. The van der Waals surface area contributed by atoms with E-state index >= 15 is 0 Å². The molecule has 0 unspecified atom stereocenters. The lowest BCUT2D eigenvalue weighted by Crippen LogP contribution is -2.34. The van der Waals surface area contributed by atoms with Crippen molar-refractivity contribution in [1.29, 1.82) is 0 Å². The van der Waals surface area contributed by atoms with Crippen molar-refractivity contribution in [3.8, 4) is 22.9 Å². The maximum Gasteiger partial charge on any atom is 0.197 e. The molecule has 0 saturated carbocycles. The molecule has 4 rings (SSSR count). The lowest BCUT2D eigenvalue weighted by Gasteiger charge is -2.28. The molecule has 0 bridgehead atoms. The lowest BCUT2D eigenvalue weighted by atomic mass is 9.94. The van der Waals surface area contributed by atoms with E-state index in [4.69, 9.17) is 20.3 Å². The maximum atomic E-state index is 12.7. The zero-order chi connectivity index (χ0) is 19.7. The summed E-state index contributed by atoms with van der Waals surface area (Å²) in [5, 5.41) is 0. The van der Waals surface area contributed by atoms with Gasteiger partial charge < -0.3 is 23.5 Å². The van der Waals surface area contributed by atoms with Crippen molar-refractivity contribution in [2.75, 3.05) is 33.0 Å². The van der Waals surface area contributed by atoms with E-state index in [1.165, 1.54) is 0 Å². The van der Waals surface area contributed by atoms with E-state index < -0.39 is 0 Å². The maximum absolute atomic E-state index is 12.7. The Kier molecular flexibility index (Phi) is 4.83. The van der Waals surface area contributed by atoms with Crippen molar-refractivity contribution in [1.82, 2.24) is 4.57 Å². The monoisotopic (exact) mass is 372 g/mol. The van der Waals surface area contributed by atoms with E-state index in [0.717, 1.165) is 29.0 Å². The Hall–Kier alpha value is -2.31. The number of aromatic nitrogens is 1. The van der Waals surface area contributed by atoms with Crippen molar-refractivity contribution in [2.24, 2.45) is 0 Å². The molecular formula is C21H25NO5. The van der Waals surface area contributed by atoms with Crippen molar-refractivity contribution >= 4 is 0 Å². The van der Waals surface area contributed by atoms with Crippen LogP contribution in [0.15, 0.2) is 29.0 Å². The third-order valence-electron chi connectivity index (χ3n) is 4.97. The molecular weight excluding hydrogens is 346 g/mol. The number of pyridine rings is 1. The quantitative estimate of drug-likeness (QED) is 0.807. The van der Waals surface area contributed by atoms with Crippen LogP contribution in [0.3, 0.4) is 0 Å². The summed E-state index contributed by atoms with van der Waals surface area (Å²) in [6.45, 7) is 6.81. The van der Waals surface area contributed by atoms with E-state index in [9.17, 15) is 4.79 Å². The van der Waals surface area contributed by atoms with Gasteiger partial charge in [-0.1, -0.05) is 0 Å². The second kappa shape index (κ2) is 7.74. The Morgan fingerprint density at radius 2 is 2.22 bits per heavy atom. The summed E-state index contributed by atoms with van der Waals surface area (Å²) >= 11 is 0. The van der Waals surface area contributed by atoms with Crippen LogP contribution in [0.2, 0.25) is 0 Å². The third-order valence-corrected chi connectivity index (χ3v) is 4.97. The van der Waals surface area contributed by atoms with Crippen LogP contribution in [-0.2, 0) is 22.4 Å². The van der Waals surface area contributed by atoms with E-state index in [0.29, 0.717) is 44.4 Å². The smallest absolute Gasteiger partial charge is 0.197 e. The summed E-state index contributed by atoms with van der Waals surface area (Å²) in [6.07, 6.45) is 0.593. The van der Waals surface area contributed by atoms with Gasteiger partial charge in [-0.15, -0.1) is 0 Å². The molecule has 27 heavy (non-hydrogen) atoms. The fourth-order valence-electron chi connectivity index (χ4n) is 3.65. The van der Waals surface area contributed by atoms with Crippen LogP contribution in [-0.4, -0.2) is 43.7 Å². The number of nitrogens with zero attached hydrogens (tertiary/aromatic N) is 1. The molecule has 2 aliphatic rings. The van der Waals surface area contributed by atoms with Gasteiger partial charge in [0.05, 0.1) is 33.5 Å². The minimum Gasteiger partial charge on any atom is -0.494 e. The molecule has 0 aliphatic carbocycles. The first-order chi connectivity index (χ1) is 13.6. The average molecular weight is 372 g/mol. The number of ether oxygens (including phenoxy) is 4. The third kappa shape index (κ3) is 3.59. The van der Waals surface area contributed by atoms with Gasteiger partial charge >= 0.3 is 0 Å². The first-order valence-electron chi connectivity index (χ1n) is 9.92. The topological polar surface area (TPSA) is 58.9 Å². The summed E-state index contributed by atoms with van der Waals surface area (Å²) in [4.78, 5) is 12.7. The van der Waals surface area contributed by atoms with Crippen LogP contribution < -0.4 is 14.9 Å². The highest BCUT2D eigenvalue weighted by Crippen LogP contribution is 2.35. The summed E-state index contributed by atoms with van der Waals surface area (Å²) in [5.74, 6) is 1.14. The second-order valence-electron chi connectivity index (χ2n) is 6.77. The van der Waals surface area contributed by atoms with Gasteiger partial charge in [0.25, 0.3) is 0 Å². The number of hydrogen-bond acceptors (Lipinski definition) is 5. The van der Waals surface area contributed by atoms with Crippen molar-refractivity contribution in [3.63, 3.8) is 0 Å². The molecule has 144 valence electrons. The standard InChI is InChI=1S/C21H25NO5/c1-3-25-16-4-5-18-15(10-16)6-7-22-20(11-19(23)14(2)21(18)22)27-13-17-12-24-8-9-26-17/h4-5,10-11,17H,3,6-9,12-13H2,1-2H3/t17-/m0/s1/i11D. The van der Waals surface area contributed by atoms with Gasteiger partial charge in [0.1, 0.15) is 18.5 Å². The van der Waals surface area contributed by atoms with Crippen LogP contribution in [0.25, 0.3) is 11.3 Å². The van der Waals surface area contributed by atoms with E-state index in [1.54, 1.807) is 6.92 Å². The summed E-state index contributed by atoms with van der Waals surface area (Å²) in [5.41, 5.74) is 3.22. The Morgan fingerprint density at radius 3 is 3.00 bits per heavy atom. The molecule has 6 heteroatoms. The highest BCUT2D eigenvalue weighted by Gasteiger charge is 2.23. The molecule has 6 nitrogen and oxygen atoms in total. The number of hydrogen-bond donors (Lipinski definition) is 0. The number of benzene rings is 1. The number of fused-ring (bicyclic) bond motifs is 3. The Morgan fingerprint density at radius 1 is 1.33 bits per heavy atom. The molecule has 1 fully saturated rings. The molecule has 0 amide bonds. The molecule has 2 aromatic rings. The minimum absolute atomic E-state index is 0.104. The van der Waals surface area contributed by atoms with Crippen LogP contribution in [0.5, 0.6) is 11.6 Å². The summed E-state index contributed by atoms with van der Waals surface area (Å²) in [7, 11) is 0. The zero-order valence-electron chi connectivity index (χ0n) is 16.7. The van der Waals surface area contributed by atoms with Crippen molar-refractivity contribution < 1.29 is 20.3 Å². The van der Waals surface area contributed by atoms with E-state index in [1.807, 2.05) is 29.7 Å². The molecule has 3 heterocycles. The highest BCUT2D eigenvalue weighted by molar-refractivity contribution is 5.70. The predicted octanol–water partition coefficient (Wildman–Crippen LogP) is 2.57. The molecule has 1 aromatic heterocycles. The summed E-state index contributed by atoms with van der Waals surface area (Å²) in [6, 6.07) is 5.84. The van der Waals surface area contributed by atoms with Crippen LogP contribution >= 0.6 is 0 Å². The van der Waals surface area contributed by atoms with Gasteiger partial charge in [-0.25, -0.2) is 0 Å². The highest BCUT2D eigenvalue weighted by atomic mass is 16.6. The van der Waals surface area contributed by atoms with Gasteiger partial charge in [-0.05, 0) is 44.0 Å². The molecule has 2 aliphatic heterocycles. The molecule has 0 N–H and O–H groups in total. The number of rotatable bonds is 5. The second-order valence-corrected chi connectivity index (χ2v) is 6.77. The number of aryl methyl sites for hydroxylation is 1. The lowest BCUT2D eigenvalue weighted by molar-refractivity contribution is -0.102. The van der Waals surface area contributed by atoms with Gasteiger partial charge in [-0.3, -0.25) is 4.79 Å². The SMILES string of the molecule is [2H]c1c(OC[C@@H]2COCCO2)n2c(c(C)c1=O)-c1ccc(OCC)cc1CC2. The predicted molar refractivity (Wildman–Crippen MR) is 102 cm³/mol. The Labute approximate surface area is 160 Å². The zero-order valence-corrected chi connectivity index (χ0v) is 15.7.